The van der Waals surface area contributed by atoms with E-state index in [1.165, 1.54) is 18.1 Å². The lowest BCUT2D eigenvalue weighted by Crippen LogP contribution is -2.05. The van der Waals surface area contributed by atoms with Crippen molar-refractivity contribution in [1.82, 2.24) is 0 Å². The molecule has 1 amide bonds. The Bertz CT molecular complexity index is 632. The molecule has 0 saturated heterocycles. The lowest BCUT2D eigenvalue weighted by molar-refractivity contribution is -0.114. The van der Waals surface area contributed by atoms with Crippen LogP contribution in [-0.2, 0) is 4.79 Å². The van der Waals surface area contributed by atoms with Crippen molar-refractivity contribution in [1.29, 1.82) is 0 Å². The number of aryl methyl sites for hydroxylation is 2. The van der Waals surface area contributed by atoms with Gasteiger partial charge in [0.15, 0.2) is 0 Å². The molecule has 2 N–H and O–H groups in total. The van der Waals surface area contributed by atoms with Crippen molar-refractivity contribution in [3.63, 3.8) is 0 Å². The van der Waals surface area contributed by atoms with Crippen LogP contribution in [0.3, 0.4) is 0 Å². The van der Waals surface area contributed by atoms with Gasteiger partial charge in [0.1, 0.15) is 0 Å². The molecule has 1 atom stereocenters. The lowest BCUT2D eigenvalue weighted by atomic mass is 10.0. The molecule has 2 rings (SSSR count). The predicted molar refractivity (Wildman–Crippen MR) is 92.3 cm³/mol. The van der Waals surface area contributed by atoms with Crippen molar-refractivity contribution in [2.45, 2.75) is 31.8 Å². The Balaban J connectivity index is 1.95. The third-order valence-electron chi connectivity index (χ3n) is 3.21. The van der Waals surface area contributed by atoms with Crippen LogP contribution >= 0.6 is 11.8 Å². The van der Waals surface area contributed by atoms with Crippen molar-refractivity contribution in [3.05, 3.63) is 59.2 Å². The van der Waals surface area contributed by atoms with Gasteiger partial charge in [-0.2, -0.15) is 0 Å². The largest absolute Gasteiger partial charge is 0.388 e. The van der Waals surface area contributed by atoms with E-state index in [-0.39, 0.29) is 5.91 Å². The third kappa shape index (κ3) is 4.90. The number of thioether (sulfide) groups is 1. The number of hydrogen-bond donors (Lipinski definition) is 2. The summed E-state index contributed by atoms with van der Waals surface area (Å²) in [6.07, 6.45) is -0.487. The Hall–Kier alpha value is -1.78. The van der Waals surface area contributed by atoms with Crippen LogP contribution in [0, 0.1) is 13.8 Å². The van der Waals surface area contributed by atoms with Gasteiger partial charge in [0.05, 0.1) is 6.10 Å². The summed E-state index contributed by atoms with van der Waals surface area (Å²) in [5.41, 5.74) is 4.07. The van der Waals surface area contributed by atoms with E-state index >= 15 is 0 Å². The van der Waals surface area contributed by atoms with E-state index < -0.39 is 6.10 Å². The average Bonchev–Trinajstić information content (AvgIpc) is 2.44. The summed E-state index contributed by atoms with van der Waals surface area (Å²) in [4.78, 5) is 12.0. The first-order chi connectivity index (χ1) is 10.4. The first-order valence-electron chi connectivity index (χ1n) is 7.21. The first kappa shape index (κ1) is 16.6. The summed E-state index contributed by atoms with van der Waals surface area (Å²) >= 11 is 1.60. The zero-order valence-corrected chi connectivity index (χ0v) is 13.9. The van der Waals surface area contributed by atoms with Gasteiger partial charge < -0.3 is 10.4 Å². The summed E-state index contributed by atoms with van der Waals surface area (Å²) < 4.78 is 0. The highest BCUT2D eigenvalue weighted by Gasteiger charge is 2.09. The lowest BCUT2D eigenvalue weighted by Gasteiger charge is -2.13. The summed E-state index contributed by atoms with van der Waals surface area (Å²) in [7, 11) is 0. The number of carbonyl (C=O) groups excluding carboxylic acids is 1. The second-order valence-electron chi connectivity index (χ2n) is 5.45. The van der Waals surface area contributed by atoms with E-state index in [0.29, 0.717) is 5.75 Å². The zero-order chi connectivity index (χ0) is 16.1. The molecule has 3 nitrogen and oxygen atoms in total. The van der Waals surface area contributed by atoms with Crippen molar-refractivity contribution in [3.8, 4) is 0 Å². The molecule has 0 heterocycles. The molecule has 4 heteroatoms. The fourth-order valence-electron chi connectivity index (χ4n) is 2.31. The monoisotopic (exact) mass is 315 g/mol. The van der Waals surface area contributed by atoms with E-state index in [1.807, 2.05) is 50.2 Å². The van der Waals surface area contributed by atoms with Crippen LogP contribution in [0.25, 0.3) is 0 Å². The minimum atomic E-state index is -0.487. The molecule has 0 aliphatic rings. The standard InChI is InChI=1S/C18H21NO2S/c1-12-8-13(2)10-15(9-12)18(21)11-22-17-6-4-16(5-7-17)19-14(3)20/h4-10,18,21H,11H2,1-3H3,(H,19,20). The fraction of sp³-hybridized carbons (Fsp3) is 0.278. The van der Waals surface area contributed by atoms with Gasteiger partial charge in [0.25, 0.3) is 0 Å². The molecule has 0 aromatic heterocycles. The number of anilines is 1. The number of nitrogens with one attached hydrogen (secondary N) is 1. The second-order valence-corrected chi connectivity index (χ2v) is 6.55. The topological polar surface area (TPSA) is 49.3 Å². The van der Waals surface area contributed by atoms with Gasteiger partial charge in [0.2, 0.25) is 5.91 Å². The highest BCUT2D eigenvalue weighted by atomic mass is 32.2. The van der Waals surface area contributed by atoms with Crippen molar-refractivity contribution in [2.75, 3.05) is 11.1 Å². The summed E-state index contributed by atoms with van der Waals surface area (Å²) in [6.45, 7) is 5.57. The van der Waals surface area contributed by atoms with Crippen LogP contribution in [0.4, 0.5) is 5.69 Å². The van der Waals surface area contributed by atoms with E-state index in [0.717, 1.165) is 16.1 Å². The van der Waals surface area contributed by atoms with Crippen molar-refractivity contribution in [2.24, 2.45) is 0 Å². The van der Waals surface area contributed by atoms with Crippen LogP contribution in [0.5, 0.6) is 0 Å². The number of benzene rings is 2. The van der Waals surface area contributed by atoms with Crippen LogP contribution < -0.4 is 5.32 Å². The van der Waals surface area contributed by atoms with E-state index in [4.69, 9.17) is 0 Å². The van der Waals surface area contributed by atoms with Crippen molar-refractivity contribution < 1.29 is 9.90 Å². The Labute approximate surface area is 135 Å². The number of aliphatic hydroxyl groups excluding tert-OH is 1. The molecule has 1 unspecified atom stereocenters. The molecule has 0 aliphatic heterocycles. The van der Waals surface area contributed by atoms with Crippen molar-refractivity contribution >= 4 is 23.4 Å². The minimum Gasteiger partial charge on any atom is -0.388 e. The van der Waals surface area contributed by atoms with Gasteiger partial charge in [-0.25, -0.2) is 0 Å². The maximum atomic E-state index is 11.0. The summed E-state index contributed by atoms with van der Waals surface area (Å²) in [5.74, 6) is 0.521. The molecule has 22 heavy (non-hydrogen) atoms. The molecule has 0 bridgehead atoms. The van der Waals surface area contributed by atoms with Gasteiger partial charge in [-0.1, -0.05) is 29.3 Å². The number of rotatable bonds is 5. The molecule has 0 fully saturated rings. The number of aliphatic hydroxyl groups is 1. The SMILES string of the molecule is CC(=O)Nc1ccc(SCC(O)c2cc(C)cc(C)c2)cc1. The zero-order valence-electron chi connectivity index (χ0n) is 13.1. The van der Waals surface area contributed by atoms with Gasteiger partial charge in [-0.05, 0) is 43.7 Å². The molecule has 116 valence electrons. The maximum absolute atomic E-state index is 11.0. The molecular formula is C18H21NO2S. The first-order valence-corrected chi connectivity index (χ1v) is 8.19. The quantitative estimate of drug-likeness (QED) is 0.817. The molecule has 2 aromatic carbocycles. The maximum Gasteiger partial charge on any atom is 0.221 e. The van der Waals surface area contributed by atoms with E-state index in [9.17, 15) is 9.90 Å². The Morgan fingerprint density at radius 1 is 1.14 bits per heavy atom. The van der Waals surface area contributed by atoms with Gasteiger partial charge >= 0.3 is 0 Å². The second kappa shape index (κ2) is 7.47. The summed E-state index contributed by atoms with van der Waals surface area (Å²) in [6, 6.07) is 13.8. The molecule has 0 saturated carbocycles. The fourth-order valence-corrected chi connectivity index (χ4v) is 3.18. The molecular weight excluding hydrogens is 294 g/mol. The minimum absolute atomic E-state index is 0.0781. The Kier molecular flexibility index (Phi) is 5.63. The Morgan fingerprint density at radius 3 is 2.27 bits per heavy atom. The molecule has 0 aliphatic carbocycles. The van der Waals surface area contributed by atoms with Crippen LogP contribution in [-0.4, -0.2) is 16.8 Å². The van der Waals surface area contributed by atoms with Gasteiger partial charge in [0, 0.05) is 23.3 Å². The molecule has 2 aromatic rings. The Morgan fingerprint density at radius 2 is 1.73 bits per heavy atom. The molecule has 0 radical (unpaired) electrons. The van der Waals surface area contributed by atoms with E-state index in [2.05, 4.69) is 11.4 Å². The van der Waals surface area contributed by atoms with E-state index in [1.54, 1.807) is 11.8 Å². The predicted octanol–water partition coefficient (Wildman–Crippen LogP) is 4.09. The van der Waals surface area contributed by atoms with Crippen LogP contribution in [0.1, 0.15) is 29.7 Å². The number of hydrogen-bond acceptors (Lipinski definition) is 3. The van der Waals surface area contributed by atoms with Crippen LogP contribution in [0.2, 0.25) is 0 Å². The summed E-state index contributed by atoms with van der Waals surface area (Å²) in [5, 5.41) is 13.1. The smallest absolute Gasteiger partial charge is 0.221 e. The number of amides is 1. The van der Waals surface area contributed by atoms with Gasteiger partial charge in [-0.3, -0.25) is 4.79 Å². The third-order valence-corrected chi connectivity index (χ3v) is 4.30. The van der Waals surface area contributed by atoms with Gasteiger partial charge in [-0.15, -0.1) is 11.8 Å². The normalized spacial score (nSPS) is 12.0. The molecule has 0 spiro atoms. The number of carbonyl (C=O) groups is 1. The highest BCUT2D eigenvalue weighted by Crippen LogP contribution is 2.26. The highest BCUT2D eigenvalue weighted by molar-refractivity contribution is 7.99. The van der Waals surface area contributed by atoms with Crippen LogP contribution in [0.15, 0.2) is 47.4 Å². The average molecular weight is 315 g/mol.